The molecule has 8 heteroatoms. The third-order valence-electron chi connectivity index (χ3n) is 7.63. The highest BCUT2D eigenvalue weighted by molar-refractivity contribution is 7.13. The SMILES string of the molecule is CCC[C@]1(C2CCN(C(=O)c3ccc(C)s3)CC2)NC(=O)N(CC[C@@H]2CCCN2C)C1=O. The van der Waals surface area contributed by atoms with Crippen LogP contribution in [0.5, 0.6) is 0 Å². The molecule has 1 aromatic heterocycles. The summed E-state index contributed by atoms with van der Waals surface area (Å²) in [4.78, 5) is 46.9. The topological polar surface area (TPSA) is 73.0 Å². The van der Waals surface area contributed by atoms with Gasteiger partial charge >= 0.3 is 6.03 Å². The Balaban J connectivity index is 1.41. The molecule has 3 aliphatic heterocycles. The van der Waals surface area contributed by atoms with E-state index >= 15 is 0 Å². The highest BCUT2D eigenvalue weighted by atomic mass is 32.1. The summed E-state index contributed by atoms with van der Waals surface area (Å²) in [7, 11) is 2.12. The van der Waals surface area contributed by atoms with E-state index in [9.17, 15) is 14.4 Å². The Kier molecular flexibility index (Phi) is 6.91. The van der Waals surface area contributed by atoms with Crippen molar-refractivity contribution in [3.05, 3.63) is 21.9 Å². The Labute approximate surface area is 195 Å². The first-order chi connectivity index (χ1) is 15.4. The number of nitrogens with one attached hydrogen (secondary N) is 1. The number of hydrogen-bond acceptors (Lipinski definition) is 5. The second-order valence-corrected chi connectivity index (χ2v) is 10.9. The van der Waals surface area contributed by atoms with Gasteiger partial charge in [-0.2, -0.15) is 0 Å². The molecule has 3 saturated heterocycles. The van der Waals surface area contributed by atoms with E-state index < -0.39 is 5.54 Å². The van der Waals surface area contributed by atoms with Crippen molar-refractivity contribution in [2.45, 2.75) is 70.4 Å². The fourth-order valence-electron chi connectivity index (χ4n) is 5.80. The Morgan fingerprint density at radius 1 is 1.19 bits per heavy atom. The first-order valence-corrected chi connectivity index (χ1v) is 12.9. The number of likely N-dealkylation sites (tertiary alicyclic amines) is 2. The molecule has 1 N–H and O–H groups in total. The molecule has 0 saturated carbocycles. The summed E-state index contributed by atoms with van der Waals surface area (Å²) in [5.74, 6) is 0.0889. The second kappa shape index (κ2) is 9.51. The molecular weight excluding hydrogens is 424 g/mol. The van der Waals surface area contributed by atoms with Crippen molar-refractivity contribution in [3.63, 3.8) is 0 Å². The fourth-order valence-corrected chi connectivity index (χ4v) is 6.63. The lowest BCUT2D eigenvalue weighted by Crippen LogP contribution is -2.56. The van der Waals surface area contributed by atoms with Gasteiger partial charge < -0.3 is 15.1 Å². The van der Waals surface area contributed by atoms with Crippen LogP contribution in [0.2, 0.25) is 0 Å². The maximum atomic E-state index is 13.6. The smallest absolute Gasteiger partial charge is 0.325 e. The number of piperidine rings is 1. The normalized spacial score (nSPS) is 27.4. The Morgan fingerprint density at radius 3 is 2.53 bits per heavy atom. The Bertz CT molecular complexity index is 863. The standard InChI is InChI=1S/C24H36N4O3S/c1-4-12-24(18-9-14-27(15-10-18)21(29)20-8-7-17(2)32-20)22(30)28(23(31)25-24)16-11-19-6-5-13-26(19)3/h7-8,18-19H,4-6,9-16H2,1-3H3,(H,25,31)/t19-,24+/m0/s1. The lowest BCUT2D eigenvalue weighted by atomic mass is 9.74. The monoisotopic (exact) mass is 460 g/mol. The molecule has 0 aliphatic carbocycles. The van der Waals surface area contributed by atoms with Crippen LogP contribution in [0.4, 0.5) is 4.79 Å². The van der Waals surface area contributed by atoms with E-state index in [4.69, 9.17) is 0 Å². The molecule has 32 heavy (non-hydrogen) atoms. The van der Waals surface area contributed by atoms with Gasteiger partial charge in [0.2, 0.25) is 0 Å². The number of aryl methyl sites for hydroxylation is 1. The van der Waals surface area contributed by atoms with Crippen LogP contribution in [-0.4, -0.2) is 77.4 Å². The maximum absolute atomic E-state index is 13.6. The third kappa shape index (κ3) is 4.31. The number of amides is 4. The van der Waals surface area contributed by atoms with Crippen LogP contribution in [0.1, 0.15) is 66.4 Å². The van der Waals surface area contributed by atoms with Gasteiger partial charge in [0, 0.05) is 30.6 Å². The van der Waals surface area contributed by atoms with Gasteiger partial charge in [-0.15, -0.1) is 11.3 Å². The first kappa shape index (κ1) is 23.2. The molecule has 0 radical (unpaired) electrons. The minimum atomic E-state index is -0.817. The van der Waals surface area contributed by atoms with Crippen molar-refractivity contribution in [3.8, 4) is 0 Å². The van der Waals surface area contributed by atoms with E-state index in [0.717, 1.165) is 48.4 Å². The van der Waals surface area contributed by atoms with E-state index in [-0.39, 0.29) is 23.8 Å². The number of carbonyl (C=O) groups is 3. The maximum Gasteiger partial charge on any atom is 0.325 e. The number of urea groups is 1. The number of carbonyl (C=O) groups excluding carboxylic acids is 3. The van der Waals surface area contributed by atoms with Crippen LogP contribution in [0.15, 0.2) is 12.1 Å². The van der Waals surface area contributed by atoms with Gasteiger partial charge in [-0.05, 0) is 77.1 Å². The Hall–Kier alpha value is -1.93. The lowest BCUT2D eigenvalue weighted by molar-refractivity contribution is -0.134. The van der Waals surface area contributed by atoms with Crippen molar-refractivity contribution in [2.24, 2.45) is 5.92 Å². The molecule has 2 atom stereocenters. The van der Waals surface area contributed by atoms with Gasteiger partial charge in [-0.25, -0.2) is 4.79 Å². The molecule has 0 bridgehead atoms. The average Bonchev–Trinajstić information content (AvgIpc) is 3.46. The molecule has 7 nitrogen and oxygen atoms in total. The van der Waals surface area contributed by atoms with E-state index in [0.29, 0.717) is 32.1 Å². The summed E-state index contributed by atoms with van der Waals surface area (Å²) in [6.45, 7) is 6.90. The average molecular weight is 461 g/mol. The number of hydrogen-bond donors (Lipinski definition) is 1. The molecule has 1 aromatic rings. The predicted octanol–water partition coefficient (Wildman–Crippen LogP) is 3.48. The summed E-state index contributed by atoms with van der Waals surface area (Å²) in [5, 5.41) is 3.13. The van der Waals surface area contributed by atoms with Gasteiger partial charge in [-0.3, -0.25) is 14.5 Å². The highest BCUT2D eigenvalue weighted by Crippen LogP contribution is 2.38. The van der Waals surface area contributed by atoms with Gasteiger partial charge in [0.05, 0.1) is 4.88 Å². The fraction of sp³-hybridized carbons (Fsp3) is 0.708. The predicted molar refractivity (Wildman–Crippen MR) is 126 cm³/mol. The van der Waals surface area contributed by atoms with Crippen LogP contribution in [0, 0.1) is 12.8 Å². The van der Waals surface area contributed by atoms with Crippen molar-refractivity contribution in [1.82, 2.24) is 20.0 Å². The molecule has 176 valence electrons. The number of imide groups is 1. The van der Waals surface area contributed by atoms with Crippen molar-refractivity contribution < 1.29 is 14.4 Å². The zero-order valence-corrected chi connectivity index (χ0v) is 20.4. The third-order valence-corrected chi connectivity index (χ3v) is 8.62. The van der Waals surface area contributed by atoms with E-state index in [1.54, 1.807) is 0 Å². The van der Waals surface area contributed by atoms with Gasteiger partial charge in [0.25, 0.3) is 11.8 Å². The summed E-state index contributed by atoms with van der Waals surface area (Å²) >= 11 is 1.53. The largest absolute Gasteiger partial charge is 0.338 e. The van der Waals surface area contributed by atoms with E-state index in [1.807, 2.05) is 24.0 Å². The van der Waals surface area contributed by atoms with Crippen molar-refractivity contribution >= 4 is 29.2 Å². The van der Waals surface area contributed by atoms with Crippen LogP contribution in [-0.2, 0) is 4.79 Å². The summed E-state index contributed by atoms with van der Waals surface area (Å²) in [5.41, 5.74) is -0.817. The Morgan fingerprint density at radius 2 is 1.94 bits per heavy atom. The molecule has 0 spiro atoms. The summed E-state index contributed by atoms with van der Waals surface area (Å²) in [6.07, 6.45) is 6.12. The molecule has 3 fully saturated rings. The molecular formula is C24H36N4O3S. The zero-order valence-electron chi connectivity index (χ0n) is 19.6. The van der Waals surface area contributed by atoms with E-state index in [1.165, 1.54) is 22.7 Å². The minimum absolute atomic E-state index is 0.0522. The quantitative estimate of drug-likeness (QED) is 0.633. The molecule has 4 amide bonds. The van der Waals surface area contributed by atoms with Crippen molar-refractivity contribution in [1.29, 1.82) is 0 Å². The van der Waals surface area contributed by atoms with Gasteiger partial charge in [0.15, 0.2) is 0 Å². The number of rotatable bonds is 7. The summed E-state index contributed by atoms with van der Waals surface area (Å²) in [6, 6.07) is 4.09. The van der Waals surface area contributed by atoms with Crippen LogP contribution in [0.25, 0.3) is 0 Å². The van der Waals surface area contributed by atoms with Gasteiger partial charge in [-0.1, -0.05) is 13.3 Å². The molecule has 0 aromatic carbocycles. The van der Waals surface area contributed by atoms with Crippen LogP contribution >= 0.6 is 11.3 Å². The first-order valence-electron chi connectivity index (χ1n) is 12.1. The number of thiophene rings is 1. The second-order valence-electron chi connectivity index (χ2n) is 9.65. The van der Waals surface area contributed by atoms with E-state index in [2.05, 4.69) is 24.2 Å². The van der Waals surface area contributed by atoms with Crippen LogP contribution < -0.4 is 5.32 Å². The molecule has 4 heterocycles. The highest BCUT2D eigenvalue weighted by Gasteiger charge is 2.55. The molecule has 3 aliphatic rings. The minimum Gasteiger partial charge on any atom is -0.338 e. The molecule has 0 unspecified atom stereocenters. The van der Waals surface area contributed by atoms with Crippen LogP contribution in [0.3, 0.4) is 0 Å². The summed E-state index contributed by atoms with van der Waals surface area (Å²) < 4.78 is 0. The molecule has 4 rings (SSSR count). The van der Waals surface area contributed by atoms with Gasteiger partial charge in [0.1, 0.15) is 5.54 Å². The zero-order chi connectivity index (χ0) is 22.9. The lowest BCUT2D eigenvalue weighted by Gasteiger charge is -2.40. The number of nitrogens with zero attached hydrogens (tertiary/aromatic N) is 3. The van der Waals surface area contributed by atoms with Crippen molar-refractivity contribution in [2.75, 3.05) is 33.2 Å².